The van der Waals surface area contributed by atoms with E-state index in [9.17, 15) is 4.79 Å². The van der Waals surface area contributed by atoms with Crippen molar-refractivity contribution < 1.29 is 23.7 Å². The number of hydrogen-bond acceptors (Lipinski definition) is 8. The molecule has 276 valence electrons. The summed E-state index contributed by atoms with van der Waals surface area (Å²) in [4.78, 5) is 14.9. The van der Waals surface area contributed by atoms with Gasteiger partial charge in [-0.2, -0.15) is 5.10 Å². The van der Waals surface area contributed by atoms with Gasteiger partial charge in [-0.1, -0.05) is 76.7 Å². The second-order valence-electron chi connectivity index (χ2n) is 12.4. The molecule has 0 aliphatic heterocycles. The first-order valence-corrected chi connectivity index (χ1v) is 19.0. The highest BCUT2D eigenvalue weighted by Gasteiger charge is 2.13. The predicted molar refractivity (Wildman–Crippen MR) is 197 cm³/mol. The van der Waals surface area contributed by atoms with Gasteiger partial charge < -0.3 is 35.4 Å². The largest absolute Gasteiger partial charge is 0.466 e. The van der Waals surface area contributed by atoms with E-state index in [2.05, 4.69) is 48.2 Å². The Bertz CT molecular complexity index is 738. The van der Waals surface area contributed by atoms with E-state index < -0.39 is 0 Å². The lowest BCUT2D eigenvalue weighted by molar-refractivity contribution is -0.159. The standard InChI is InChI=1S/C38H74N4O5/c1-4-6-8-10-17-24-34-46-38(47-35-25-18-11-9-7-5-2)27-26-37(43)45-33-23-19-13-15-21-30-42(31-28-36(39)41-40)29-20-14-12-16-22-32-44-3/h6-9,38H,4-5,10-35,40H2,1-3H3,(H2,39,41)/b8-6-,9-7-. The average molecular weight is 667 g/mol. The molecule has 0 heterocycles. The third-order valence-corrected chi connectivity index (χ3v) is 8.08. The fourth-order valence-electron chi connectivity index (χ4n) is 5.19. The molecule has 0 aliphatic carbocycles. The van der Waals surface area contributed by atoms with Gasteiger partial charge in [0.1, 0.15) is 5.84 Å². The number of nitrogens with two attached hydrogens (primary N) is 2. The molecular weight excluding hydrogens is 592 g/mol. The van der Waals surface area contributed by atoms with Gasteiger partial charge in [0.15, 0.2) is 6.29 Å². The molecule has 0 spiro atoms. The third-order valence-electron chi connectivity index (χ3n) is 8.08. The van der Waals surface area contributed by atoms with E-state index in [0.717, 1.165) is 110 Å². The molecule has 4 N–H and O–H groups in total. The summed E-state index contributed by atoms with van der Waals surface area (Å²) in [7, 11) is 1.76. The van der Waals surface area contributed by atoms with Crippen LogP contribution in [0.1, 0.15) is 149 Å². The Labute approximate surface area is 289 Å². The minimum atomic E-state index is -0.348. The molecule has 0 radical (unpaired) electrons. The molecule has 0 amide bonds. The van der Waals surface area contributed by atoms with Gasteiger partial charge in [-0.15, -0.1) is 0 Å². The van der Waals surface area contributed by atoms with Crippen molar-refractivity contribution in [2.45, 2.75) is 155 Å². The molecule has 0 unspecified atom stereocenters. The van der Waals surface area contributed by atoms with Crippen molar-refractivity contribution in [1.82, 2.24) is 4.90 Å². The van der Waals surface area contributed by atoms with E-state index in [0.29, 0.717) is 44.9 Å². The normalized spacial score (nSPS) is 12.4. The van der Waals surface area contributed by atoms with E-state index in [1.165, 1.54) is 32.1 Å². The summed E-state index contributed by atoms with van der Waals surface area (Å²) in [5.74, 6) is 5.68. The smallest absolute Gasteiger partial charge is 0.305 e. The van der Waals surface area contributed by atoms with Crippen molar-refractivity contribution in [2.75, 3.05) is 53.2 Å². The van der Waals surface area contributed by atoms with Crippen LogP contribution < -0.4 is 11.6 Å². The van der Waals surface area contributed by atoms with Crippen LogP contribution in [0.2, 0.25) is 0 Å². The lowest BCUT2D eigenvalue weighted by atomic mass is 10.1. The maximum atomic E-state index is 12.4. The minimum Gasteiger partial charge on any atom is -0.466 e. The second kappa shape index (κ2) is 36.9. The molecule has 0 saturated heterocycles. The average Bonchev–Trinajstić information content (AvgIpc) is 3.08. The van der Waals surface area contributed by atoms with Gasteiger partial charge in [0.2, 0.25) is 0 Å². The maximum Gasteiger partial charge on any atom is 0.305 e. The van der Waals surface area contributed by atoms with Crippen molar-refractivity contribution >= 4 is 11.8 Å². The van der Waals surface area contributed by atoms with Crippen LogP contribution in [-0.4, -0.2) is 76.2 Å². The molecule has 9 heteroatoms. The lowest BCUT2D eigenvalue weighted by Gasteiger charge is -2.22. The van der Waals surface area contributed by atoms with Gasteiger partial charge in [0, 0.05) is 46.3 Å². The number of amidine groups is 1. The summed E-state index contributed by atoms with van der Waals surface area (Å²) in [6.45, 7) is 10.00. The van der Waals surface area contributed by atoms with Crippen molar-refractivity contribution in [3.8, 4) is 0 Å². The molecule has 0 fully saturated rings. The van der Waals surface area contributed by atoms with Crippen molar-refractivity contribution in [2.24, 2.45) is 16.7 Å². The monoisotopic (exact) mass is 667 g/mol. The number of esters is 1. The summed E-state index contributed by atoms with van der Waals surface area (Å²) in [6.07, 6.45) is 30.1. The minimum absolute atomic E-state index is 0.161. The molecule has 0 atom stereocenters. The van der Waals surface area contributed by atoms with Crippen LogP contribution in [0.5, 0.6) is 0 Å². The SMILES string of the molecule is CC/C=C\CCCCOC(CCC(=O)OCCCCCCCN(CCCCCCCOC)CC/C(N)=N/N)OCCCC/C=C\CC. The van der Waals surface area contributed by atoms with Crippen LogP contribution in [0, 0.1) is 0 Å². The van der Waals surface area contributed by atoms with Crippen LogP contribution in [0.3, 0.4) is 0 Å². The van der Waals surface area contributed by atoms with Crippen molar-refractivity contribution in [3.63, 3.8) is 0 Å². The lowest BCUT2D eigenvalue weighted by Crippen LogP contribution is -2.30. The highest BCUT2D eigenvalue weighted by molar-refractivity contribution is 5.80. The summed E-state index contributed by atoms with van der Waals surface area (Å²) in [5, 5.41) is 3.62. The fourth-order valence-corrected chi connectivity index (χ4v) is 5.19. The van der Waals surface area contributed by atoms with Crippen LogP contribution in [0.25, 0.3) is 0 Å². The number of allylic oxidation sites excluding steroid dienone is 4. The van der Waals surface area contributed by atoms with Crippen molar-refractivity contribution in [3.05, 3.63) is 24.3 Å². The van der Waals surface area contributed by atoms with Gasteiger partial charge in [0.05, 0.1) is 13.0 Å². The predicted octanol–water partition coefficient (Wildman–Crippen LogP) is 8.41. The molecule has 0 saturated carbocycles. The van der Waals surface area contributed by atoms with Crippen LogP contribution >= 0.6 is 0 Å². The highest BCUT2D eigenvalue weighted by Crippen LogP contribution is 2.12. The number of carbonyl (C=O) groups excluding carboxylic acids is 1. The Morgan fingerprint density at radius 2 is 1.17 bits per heavy atom. The molecule has 0 bridgehead atoms. The molecule has 47 heavy (non-hydrogen) atoms. The highest BCUT2D eigenvalue weighted by atomic mass is 16.7. The van der Waals surface area contributed by atoms with Crippen LogP contribution in [-0.2, 0) is 23.7 Å². The first-order valence-electron chi connectivity index (χ1n) is 19.0. The number of rotatable bonds is 36. The number of hydrogen-bond donors (Lipinski definition) is 2. The summed E-state index contributed by atoms with van der Waals surface area (Å²) >= 11 is 0. The van der Waals surface area contributed by atoms with E-state index in [4.69, 9.17) is 30.5 Å². The maximum absolute atomic E-state index is 12.4. The topological polar surface area (TPSA) is 122 Å². The fraction of sp³-hybridized carbons (Fsp3) is 0.842. The van der Waals surface area contributed by atoms with Gasteiger partial charge >= 0.3 is 5.97 Å². The van der Waals surface area contributed by atoms with Crippen LogP contribution in [0.4, 0.5) is 0 Å². The Morgan fingerprint density at radius 1 is 0.660 bits per heavy atom. The Kier molecular flexibility index (Phi) is 35.4. The molecule has 0 aliphatic rings. The molecule has 9 nitrogen and oxygen atoms in total. The molecule has 0 rings (SSSR count). The van der Waals surface area contributed by atoms with Crippen molar-refractivity contribution in [1.29, 1.82) is 0 Å². The number of nitrogens with zero attached hydrogens (tertiary/aromatic N) is 2. The second-order valence-corrected chi connectivity index (χ2v) is 12.4. The summed E-state index contributed by atoms with van der Waals surface area (Å²) < 4.78 is 22.7. The quantitative estimate of drug-likeness (QED) is 0.00999. The van der Waals surface area contributed by atoms with E-state index in [-0.39, 0.29) is 12.3 Å². The Hall–Kier alpha value is -1.94. The third kappa shape index (κ3) is 33.7. The number of methoxy groups -OCH3 is 1. The summed E-state index contributed by atoms with van der Waals surface area (Å²) in [5.41, 5.74) is 5.84. The summed E-state index contributed by atoms with van der Waals surface area (Å²) in [6, 6.07) is 0. The number of carbonyl (C=O) groups is 1. The number of hydrazone groups is 1. The first kappa shape index (κ1) is 45.1. The Balaban J connectivity index is 4.20. The Morgan fingerprint density at radius 3 is 1.70 bits per heavy atom. The molecule has 0 aromatic heterocycles. The van der Waals surface area contributed by atoms with E-state index in [1.54, 1.807) is 7.11 Å². The van der Waals surface area contributed by atoms with E-state index in [1.807, 2.05) is 0 Å². The zero-order valence-corrected chi connectivity index (χ0v) is 30.8. The van der Waals surface area contributed by atoms with E-state index >= 15 is 0 Å². The molecule has 0 aromatic rings. The molecule has 0 aromatic carbocycles. The number of unbranched alkanes of at least 4 members (excludes halogenated alkanes) is 12. The van der Waals surface area contributed by atoms with Gasteiger partial charge in [-0.25, -0.2) is 0 Å². The number of ether oxygens (including phenoxy) is 4. The van der Waals surface area contributed by atoms with Crippen LogP contribution in [0.15, 0.2) is 29.4 Å². The van der Waals surface area contributed by atoms with Gasteiger partial charge in [-0.05, 0) is 90.1 Å². The van der Waals surface area contributed by atoms with Gasteiger partial charge in [-0.3, -0.25) is 4.79 Å². The zero-order valence-electron chi connectivity index (χ0n) is 30.8. The zero-order chi connectivity index (χ0) is 34.5. The molecular formula is C38H74N4O5. The van der Waals surface area contributed by atoms with Gasteiger partial charge in [0.25, 0.3) is 0 Å². The first-order chi connectivity index (χ1) is 23.1.